The highest BCUT2D eigenvalue weighted by atomic mass is 35.5. The molecule has 0 saturated carbocycles. The molecule has 2 N–H and O–H groups in total. The number of rotatable bonds is 7. The van der Waals surface area contributed by atoms with Gasteiger partial charge in [0.25, 0.3) is 5.91 Å². The van der Waals surface area contributed by atoms with Crippen LogP contribution in [0, 0.1) is 0 Å². The molecule has 4 aromatic rings. The molecule has 7 heteroatoms. The number of carbonyl (C=O) groups excluding carboxylic acids is 2. The summed E-state index contributed by atoms with van der Waals surface area (Å²) in [6, 6.07) is 23.2. The van der Waals surface area contributed by atoms with Crippen LogP contribution >= 0.6 is 11.6 Å². The molecule has 0 aliphatic rings. The molecule has 0 aliphatic heterocycles. The number of para-hydroxylation sites is 2. The Kier molecular flexibility index (Phi) is 6.52. The van der Waals surface area contributed by atoms with Gasteiger partial charge >= 0.3 is 0 Å². The number of aryl methyl sites for hydroxylation is 1. The van der Waals surface area contributed by atoms with Gasteiger partial charge in [-0.25, -0.2) is 4.98 Å². The van der Waals surface area contributed by atoms with Crippen LogP contribution in [0.4, 0.5) is 0 Å². The zero-order valence-corrected chi connectivity index (χ0v) is 18.3. The van der Waals surface area contributed by atoms with Gasteiger partial charge in [0.1, 0.15) is 11.9 Å². The van der Waals surface area contributed by atoms with Gasteiger partial charge in [-0.15, -0.1) is 0 Å². The molecule has 6 nitrogen and oxygen atoms in total. The van der Waals surface area contributed by atoms with E-state index in [-0.39, 0.29) is 18.4 Å². The Morgan fingerprint density at radius 2 is 1.66 bits per heavy atom. The Morgan fingerprint density at radius 3 is 2.38 bits per heavy atom. The average molecular weight is 447 g/mol. The quantitative estimate of drug-likeness (QED) is 0.452. The van der Waals surface area contributed by atoms with Crippen molar-refractivity contribution in [2.45, 2.75) is 19.0 Å². The van der Waals surface area contributed by atoms with Gasteiger partial charge in [-0.3, -0.25) is 9.59 Å². The van der Waals surface area contributed by atoms with Crippen LogP contribution in [0.3, 0.4) is 0 Å². The van der Waals surface area contributed by atoms with Crippen LogP contribution in [0.1, 0.15) is 21.7 Å². The number of amides is 2. The normalized spacial score (nSPS) is 11.8. The zero-order chi connectivity index (χ0) is 22.5. The van der Waals surface area contributed by atoms with E-state index < -0.39 is 6.04 Å². The lowest BCUT2D eigenvalue weighted by Gasteiger charge is -2.19. The molecule has 1 heterocycles. The zero-order valence-electron chi connectivity index (χ0n) is 17.6. The summed E-state index contributed by atoms with van der Waals surface area (Å²) in [5.74, 6) is 0.130. The number of carbonyl (C=O) groups is 2. The molecule has 0 aliphatic carbocycles. The van der Waals surface area contributed by atoms with E-state index in [0.717, 1.165) is 22.4 Å². The number of benzene rings is 3. The van der Waals surface area contributed by atoms with Crippen LogP contribution in [0.15, 0.2) is 78.9 Å². The fraction of sp³-hybridized carbons (Fsp3) is 0.160. The van der Waals surface area contributed by atoms with Crippen LogP contribution in [-0.4, -0.2) is 27.4 Å². The molecule has 32 heavy (non-hydrogen) atoms. The van der Waals surface area contributed by atoms with Crippen molar-refractivity contribution in [3.8, 4) is 0 Å². The highest BCUT2D eigenvalue weighted by molar-refractivity contribution is 6.30. The summed E-state index contributed by atoms with van der Waals surface area (Å²) < 4.78 is 1.95. The number of halogens is 1. The fourth-order valence-electron chi connectivity index (χ4n) is 3.54. The van der Waals surface area contributed by atoms with Crippen molar-refractivity contribution in [3.05, 3.63) is 101 Å². The first-order valence-electron chi connectivity index (χ1n) is 10.3. The maximum atomic E-state index is 13.1. The van der Waals surface area contributed by atoms with Gasteiger partial charge in [0.2, 0.25) is 5.91 Å². The monoisotopic (exact) mass is 446 g/mol. The second kappa shape index (κ2) is 9.66. The van der Waals surface area contributed by atoms with E-state index in [1.165, 1.54) is 0 Å². The van der Waals surface area contributed by atoms with Crippen LogP contribution < -0.4 is 10.6 Å². The molecular formula is C25H23ClN4O2. The molecule has 3 aromatic carbocycles. The van der Waals surface area contributed by atoms with E-state index in [0.29, 0.717) is 17.0 Å². The predicted octanol–water partition coefficient (Wildman–Crippen LogP) is 3.88. The summed E-state index contributed by atoms with van der Waals surface area (Å²) in [5, 5.41) is 6.33. The number of hydrogen-bond donors (Lipinski definition) is 2. The minimum absolute atomic E-state index is 0.256. The smallest absolute Gasteiger partial charge is 0.251 e. The second-order valence-electron chi connectivity index (χ2n) is 7.52. The standard InChI is InChI=1S/C25H23ClN4O2/c1-30-22-10-6-5-9-20(22)28-23(30)16-27-25(32)21(15-17-7-3-2-4-8-17)29-24(31)18-11-13-19(26)14-12-18/h2-14,21H,15-16H2,1H3,(H,27,32)(H,29,31). The summed E-state index contributed by atoms with van der Waals surface area (Å²) in [7, 11) is 1.92. The number of fused-ring (bicyclic) bond motifs is 1. The van der Waals surface area contributed by atoms with Crippen molar-refractivity contribution in [2.24, 2.45) is 7.05 Å². The molecule has 4 rings (SSSR count). The lowest BCUT2D eigenvalue weighted by molar-refractivity contribution is -0.123. The average Bonchev–Trinajstić information content (AvgIpc) is 3.13. The maximum Gasteiger partial charge on any atom is 0.251 e. The topological polar surface area (TPSA) is 76.0 Å². The van der Waals surface area contributed by atoms with Crippen LogP contribution in [0.25, 0.3) is 11.0 Å². The molecule has 1 aromatic heterocycles. The first-order chi connectivity index (χ1) is 15.5. The second-order valence-corrected chi connectivity index (χ2v) is 7.95. The number of imidazole rings is 1. The summed E-state index contributed by atoms with van der Waals surface area (Å²) in [6.07, 6.45) is 0.370. The number of aromatic nitrogens is 2. The van der Waals surface area contributed by atoms with Gasteiger partial charge in [-0.1, -0.05) is 54.1 Å². The van der Waals surface area contributed by atoms with Gasteiger partial charge in [0.15, 0.2) is 0 Å². The molecule has 0 spiro atoms. The molecule has 0 saturated heterocycles. The van der Waals surface area contributed by atoms with E-state index in [2.05, 4.69) is 15.6 Å². The molecule has 1 atom stereocenters. The highest BCUT2D eigenvalue weighted by Crippen LogP contribution is 2.14. The lowest BCUT2D eigenvalue weighted by Crippen LogP contribution is -2.48. The third-order valence-corrected chi connectivity index (χ3v) is 5.56. The SMILES string of the molecule is Cn1c(CNC(=O)C(Cc2ccccc2)NC(=O)c2ccc(Cl)cc2)nc2ccccc21. The van der Waals surface area contributed by atoms with Crippen molar-refractivity contribution < 1.29 is 9.59 Å². The summed E-state index contributed by atoms with van der Waals surface area (Å²) in [4.78, 5) is 30.4. The van der Waals surface area contributed by atoms with Gasteiger partial charge in [-0.2, -0.15) is 0 Å². The molecular weight excluding hydrogens is 424 g/mol. The minimum atomic E-state index is -0.740. The molecule has 2 amide bonds. The van der Waals surface area contributed by atoms with Gasteiger partial charge in [0.05, 0.1) is 17.6 Å². The lowest BCUT2D eigenvalue weighted by atomic mass is 10.0. The molecule has 162 valence electrons. The Balaban J connectivity index is 1.50. The highest BCUT2D eigenvalue weighted by Gasteiger charge is 2.22. The Bertz CT molecular complexity index is 1240. The van der Waals surface area contributed by atoms with Crippen LogP contribution in [-0.2, 0) is 24.8 Å². The van der Waals surface area contributed by atoms with E-state index in [1.807, 2.05) is 66.2 Å². The first kappa shape index (κ1) is 21.6. The Labute approximate surface area is 191 Å². The van der Waals surface area contributed by atoms with E-state index >= 15 is 0 Å². The van der Waals surface area contributed by atoms with Crippen molar-refractivity contribution in [3.63, 3.8) is 0 Å². The van der Waals surface area contributed by atoms with Crippen molar-refractivity contribution in [1.82, 2.24) is 20.2 Å². The van der Waals surface area contributed by atoms with Crippen LogP contribution in [0.5, 0.6) is 0 Å². The van der Waals surface area contributed by atoms with Crippen molar-refractivity contribution in [1.29, 1.82) is 0 Å². The van der Waals surface area contributed by atoms with Gasteiger partial charge in [-0.05, 0) is 42.0 Å². The Morgan fingerprint density at radius 1 is 0.969 bits per heavy atom. The van der Waals surface area contributed by atoms with E-state index in [1.54, 1.807) is 24.3 Å². The van der Waals surface area contributed by atoms with Crippen molar-refractivity contribution in [2.75, 3.05) is 0 Å². The summed E-state index contributed by atoms with van der Waals surface area (Å²) in [6.45, 7) is 0.256. The van der Waals surface area contributed by atoms with Crippen molar-refractivity contribution >= 4 is 34.4 Å². The number of nitrogens with zero attached hydrogens (tertiary/aromatic N) is 2. The van der Waals surface area contributed by atoms with Gasteiger partial charge < -0.3 is 15.2 Å². The van der Waals surface area contributed by atoms with E-state index in [4.69, 9.17) is 11.6 Å². The largest absolute Gasteiger partial charge is 0.347 e. The molecule has 0 fully saturated rings. The van der Waals surface area contributed by atoms with E-state index in [9.17, 15) is 9.59 Å². The fourth-order valence-corrected chi connectivity index (χ4v) is 3.67. The van der Waals surface area contributed by atoms with Gasteiger partial charge in [0, 0.05) is 24.1 Å². The molecule has 0 bridgehead atoms. The predicted molar refractivity (Wildman–Crippen MR) is 125 cm³/mol. The third-order valence-electron chi connectivity index (χ3n) is 5.31. The minimum Gasteiger partial charge on any atom is -0.347 e. The Hall–Kier alpha value is -3.64. The van der Waals surface area contributed by atoms with Crippen LogP contribution in [0.2, 0.25) is 5.02 Å². The molecule has 1 unspecified atom stereocenters. The number of hydrogen-bond acceptors (Lipinski definition) is 3. The summed E-state index contributed by atoms with van der Waals surface area (Å²) >= 11 is 5.92. The third kappa shape index (κ3) is 4.98. The maximum absolute atomic E-state index is 13.1. The number of nitrogens with one attached hydrogen (secondary N) is 2. The first-order valence-corrected chi connectivity index (χ1v) is 10.7. The molecule has 0 radical (unpaired) electrons. The summed E-state index contributed by atoms with van der Waals surface area (Å²) in [5.41, 5.74) is 3.26.